The molecule has 1 aromatic carbocycles. The summed E-state index contributed by atoms with van der Waals surface area (Å²) in [5, 5.41) is 2.85. The molecule has 0 bridgehead atoms. The molecule has 0 amide bonds. The Morgan fingerprint density at radius 1 is 1.31 bits per heavy atom. The predicted octanol–water partition coefficient (Wildman–Crippen LogP) is 3.57. The first-order valence-corrected chi connectivity index (χ1v) is 5.90. The molecule has 0 atom stereocenters. The Labute approximate surface area is 102 Å². The van der Waals surface area contributed by atoms with Gasteiger partial charge < -0.3 is 10.1 Å². The molecular weight excluding hydrogens is 280 g/mol. The van der Waals surface area contributed by atoms with E-state index < -0.39 is 11.6 Å². The van der Waals surface area contributed by atoms with Crippen LogP contribution in [0.1, 0.15) is 13.3 Å². The number of rotatable bonds is 6. The lowest BCUT2D eigenvalue weighted by molar-refractivity contribution is 0.144. The van der Waals surface area contributed by atoms with Crippen LogP contribution in [-0.4, -0.2) is 19.8 Å². The summed E-state index contributed by atoms with van der Waals surface area (Å²) in [7, 11) is 0. The van der Waals surface area contributed by atoms with Crippen molar-refractivity contribution in [2.75, 3.05) is 25.1 Å². The van der Waals surface area contributed by atoms with E-state index in [4.69, 9.17) is 4.74 Å². The molecule has 0 saturated heterocycles. The molecule has 0 aliphatic rings. The zero-order valence-electron chi connectivity index (χ0n) is 9.03. The van der Waals surface area contributed by atoms with Crippen molar-refractivity contribution in [3.05, 3.63) is 28.2 Å². The average molecular weight is 294 g/mol. The maximum Gasteiger partial charge on any atom is 0.150 e. The number of hydrogen-bond acceptors (Lipinski definition) is 2. The van der Waals surface area contributed by atoms with Crippen LogP contribution in [0.4, 0.5) is 14.5 Å². The highest BCUT2D eigenvalue weighted by Gasteiger charge is 2.08. The van der Waals surface area contributed by atoms with Crippen LogP contribution < -0.4 is 5.32 Å². The van der Waals surface area contributed by atoms with Crippen molar-refractivity contribution < 1.29 is 13.5 Å². The van der Waals surface area contributed by atoms with Gasteiger partial charge in [0.25, 0.3) is 0 Å². The van der Waals surface area contributed by atoms with Gasteiger partial charge in [0.1, 0.15) is 11.6 Å². The summed E-state index contributed by atoms with van der Waals surface area (Å²) in [5.41, 5.74) is 0.265. The molecule has 1 aromatic rings. The Morgan fingerprint density at radius 3 is 2.69 bits per heavy atom. The highest BCUT2D eigenvalue weighted by molar-refractivity contribution is 9.10. The smallest absolute Gasteiger partial charge is 0.150 e. The van der Waals surface area contributed by atoms with Crippen LogP contribution in [0.15, 0.2) is 16.6 Å². The lowest BCUT2D eigenvalue weighted by Gasteiger charge is -2.10. The molecule has 0 saturated carbocycles. The molecule has 5 heteroatoms. The summed E-state index contributed by atoms with van der Waals surface area (Å²) in [6.07, 6.45) is 0.953. The van der Waals surface area contributed by atoms with Crippen molar-refractivity contribution in [3.63, 3.8) is 0 Å². The molecule has 0 fully saturated rings. The second-order valence-electron chi connectivity index (χ2n) is 3.28. The Hall–Kier alpha value is -0.680. The summed E-state index contributed by atoms with van der Waals surface area (Å²) in [6.45, 7) is 3.69. The second-order valence-corrected chi connectivity index (χ2v) is 4.14. The zero-order valence-corrected chi connectivity index (χ0v) is 10.6. The third kappa shape index (κ3) is 4.06. The van der Waals surface area contributed by atoms with Crippen molar-refractivity contribution in [1.29, 1.82) is 0 Å². The van der Waals surface area contributed by atoms with Gasteiger partial charge in [-0.1, -0.05) is 6.92 Å². The van der Waals surface area contributed by atoms with Crippen LogP contribution in [0.3, 0.4) is 0 Å². The van der Waals surface area contributed by atoms with Crippen molar-refractivity contribution in [2.45, 2.75) is 13.3 Å². The second kappa shape index (κ2) is 6.81. The van der Waals surface area contributed by atoms with E-state index in [-0.39, 0.29) is 5.69 Å². The number of nitrogens with one attached hydrogen (secondary N) is 1. The molecule has 1 N–H and O–H groups in total. The van der Waals surface area contributed by atoms with Gasteiger partial charge in [-0.2, -0.15) is 0 Å². The van der Waals surface area contributed by atoms with Crippen LogP contribution in [0, 0.1) is 11.6 Å². The molecule has 0 aliphatic heterocycles. The maximum absolute atomic E-state index is 13.3. The molecule has 2 nitrogen and oxygen atoms in total. The standard InChI is InChI=1S/C11H14BrF2NO/c1-2-4-16-5-3-15-11-9(12)6-8(13)7-10(11)14/h6-7,15H,2-5H2,1H3. The molecule has 0 aromatic heterocycles. The lowest BCUT2D eigenvalue weighted by atomic mass is 10.3. The van der Waals surface area contributed by atoms with E-state index in [0.717, 1.165) is 12.5 Å². The Kier molecular flexibility index (Phi) is 5.69. The minimum atomic E-state index is -0.609. The number of hydrogen-bond donors (Lipinski definition) is 1. The molecule has 0 spiro atoms. The fraction of sp³-hybridized carbons (Fsp3) is 0.455. The van der Waals surface area contributed by atoms with Crippen LogP contribution in [0.2, 0.25) is 0 Å². The van der Waals surface area contributed by atoms with Gasteiger partial charge in [-0.25, -0.2) is 8.78 Å². The molecule has 16 heavy (non-hydrogen) atoms. The third-order valence-electron chi connectivity index (χ3n) is 1.90. The Bertz CT molecular complexity index is 324. The van der Waals surface area contributed by atoms with Crippen molar-refractivity contribution in [1.82, 2.24) is 0 Å². The van der Waals surface area contributed by atoms with E-state index in [9.17, 15) is 8.78 Å². The van der Waals surface area contributed by atoms with Gasteiger partial charge >= 0.3 is 0 Å². The van der Waals surface area contributed by atoms with E-state index in [1.807, 2.05) is 6.92 Å². The Balaban J connectivity index is 2.47. The van der Waals surface area contributed by atoms with Crippen LogP contribution in [0.5, 0.6) is 0 Å². The van der Waals surface area contributed by atoms with Crippen LogP contribution in [0.25, 0.3) is 0 Å². The minimum absolute atomic E-state index is 0.265. The van der Waals surface area contributed by atoms with Crippen molar-refractivity contribution in [3.8, 4) is 0 Å². The summed E-state index contributed by atoms with van der Waals surface area (Å²) in [4.78, 5) is 0. The summed E-state index contributed by atoms with van der Waals surface area (Å²) >= 11 is 3.10. The first-order chi connectivity index (χ1) is 7.65. The van der Waals surface area contributed by atoms with Gasteiger partial charge in [-0.05, 0) is 28.4 Å². The summed E-state index contributed by atoms with van der Waals surface area (Å²) in [6, 6.07) is 2.07. The highest BCUT2D eigenvalue weighted by Crippen LogP contribution is 2.26. The number of halogens is 3. The number of ether oxygens (including phenoxy) is 1. The van der Waals surface area contributed by atoms with Crippen molar-refractivity contribution >= 4 is 21.6 Å². The third-order valence-corrected chi connectivity index (χ3v) is 2.53. The summed E-state index contributed by atoms with van der Waals surface area (Å²) < 4.78 is 31.7. The fourth-order valence-electron chi connectivity index (χ4n) is 1.21. The molecule has 0 aliphatic carbocycles. The molecule has 90 valence electrons. The van der Waals surface area contributed by atoms with Gasteiger partial charge in [-0.3, -0.25) is 0 Å². The average Bonchev–Trinajstić information content (AvgIpc) is 2.20. The van der Waals surface area contributed by atoms with Crippen molar-refractivity contribution in [2.24, 2.45) is 0 Å². The zero-order chi connectivity index (χ0) is 12.0. The van der Waals surface area contributed by atoms with E-state index in [0.29, 0.717) is 24.2 Å². The van der Waals surface area contributed by atoms with Gasteiger partial charge in [-0.15, -0.1) is 0 Å². The largest absolute Gasteiger partial charge is 0.380 e. The molecule has 0 unspecified atom stereocenters. The van der Waals surface area contributed by atoms with Gasteiger partial charge in [0.2, 0.25) is 0 Å². The SMILES string of the molecule is CCCOCCNc1c(F)cc(F)cc1Br. The molecule has 1 rings (SSSR count). The van der Waals surface area contributed by atoms with Crippen LogP contribution >= 0.6 is 15.9 Å². The van der Waals surface area contributed by atoms with E-state index in [2.05, 4.69) is 21.2 Å². The number of benzene rings is 1. The number of anilines is 1. The first kappa shape index (κ1) is 13.4. The highest BCUT2D eigenvalue weighted by atomic mass is 79.9. The van der Waals surface area contributed by atoms with E-state index in [1.54, 1.807) is 0 Å². The van der Waals surface area contributed by atoms with E-state index in [1.165, 1.54) is 6.07 Å². The van der Waals surface area contributed by atoms with E-state index >= 15 is 0 Å². The first-order valence-electron chi connectivity index (χ1n) is 5.11. The lowest BCUT2D eigenvalue weighted by Crippen LogP contribution is -2.11. The van der Waals surface area contributed by atoms with Crippen LogP contribution in [-0.2, 0) is 4.74 Å². The summed E-state index contributed by atoms with van der Waals surface area (Å²) in [5.74, 6) is -1.21. The molecule has 0 radical (unpaired) electrons. The van der Waals surface area contributed by atoms with Gasteiger partial charge in [0, 0.05) is 23.7 Å². The quantitative estimate of drug-likeness (QED) is 0.810. The normalized spacial score (nSPS) is 10.5. The van der Waals surface area contributed by atoms with Gasteiger partial charge in [0.05, 0.1) is 12.3 Å². The fourth-order valence-corrected chi connectivity index (χ4v) is 1.75. The topological polar surface area (TPSA) is 21.3 Å². The molecular formula is C11H14BrF2NO. The predicted molar refractivity (Wildman–Crippen MR) is 63.7 cm³/mol. The van der Waals surface area contributed by atoms with Gasteiger partial charge in [0.15, 0.2) is 0 Å². The molecule has 0 heterocycles. The minimum Gasteiger partial charge on any atom is -0.380 e. The Morgan fingerprint density at radius 2 is 2.06 bits per heavy atom. The maximum atomic E-state index is 13.3. The monoisotopic (exact) mass is 293 g/mol.